The second-order valence-electron chi connectivity index (χ2n) is 8.57. The maximum atomic E-state index is 13.1. The van der Waals surface area contributed by atoms with Crippen LogP contribution in [0.3, 0.4) is 0 Å². The second-order valence-corrected chi connectivity index (χ2v) is 9.56. The highest BCUT2D eigenvalue weighted by molar-refractivity contribution is 7.98. The van der Waals surface area contributed by atoms with Gasteiger partial charge in [-0.15, -0.1) is 0 Å². The van der Waals surface area contributed by atoms with E-state index in [1.807, 2.05) is 0 Å². The van der Waals surface area contributed by atoms with Crippen LogP contribution < -0.4 is 33.2 Å². The number of aromatic amines is 1. The molecule has 1 rings (SSSR count). The standard InChI is InChI=1S/C22H37N9O7S/c1-39-8-6-15(20(36)31-16(21(37)38)3-2-7-27-22(24)25)30-19(35)14(4-5-17(32)33)29-18(34)13(23)9-12-10-26-11-28-12/h10-11,13-16H,2-9,23H2,1H3,(H,26,28)(H,29,34)(H,30,35)(H,31,36)(H,32,33)(H,37,38)(H4,24,25,27). The highest BCUT2D eigenvalue weighted by Crippen LogP contribution is 2.07. The zero-order valence-corrected chi connectivity index (χ0v) is 22.4. The zero-order chi connectivity index (χ0) is 29.4. The molecule has 0 radical (unpaired) electrons. The Bertz CT molecular complexity index is 987. The Morgan fingerprint density at radius 2 is 1.62 bits per heavy atom. The van der Waals surface area contributed by atoms with Gasteiger partial charge in [0.2, 0.25) is 17.7 Å². The van der Waals surface area contributed by atoms with E-state index in [-0.39, 0.29) is 44.6 Å². The first-order valence-electron chi connectivity index (χ1n) is 12.1. The van der Waals surface area contributed by atoms with Crippen molar-refractivity contribution >= 4 is 47.4 Å². The number of amides is 3. The summed E-state index contributed by atoms with van der Waals surface area (Å²) in [5, 5.41) is 26.0. The third-order valence-electron chi connectivity index (χ3n) is 5.41. The number of carbonyl (C=O) groups is 5. The number of aliphatic carboxylic acids is 2. The summed E-state index contributed by atoms with van der Waals surface area (Å²) in [6.45, 7) is 0.169. The highest BCUT2D eigenvalue weighted by atomic mass is 32.2. The van der Waals surface area contributed by atoms with E-state index in [2.05, 4.69) is 30.9 Å². The number of hydrogen-bond acceptors (Lipinski definition) is 9. The van der Waals surface area contributed by atoms with Crippen LogP contribution in [0.25, 0.3) is 0 Å². The quantitative estimate of drug-likeness (QED) is 0.0473. The van der Waals surface area contributed by atoms with E-state index in [4.69, 9.17) is 22.3 Å². The molecule has 1 heterocycles. The van der Waals surface area contributed by atoms with Crippen LogP contribution >= 0.6 is 11.8 Å². The summed E-state index contributed by atoms with van der Waals surface area (Å²) in [4.78, 5) is 71.9. The van der Waals surface area contributed by atoms with Crippen LogP contribution in [0.4, 0.5) is 0 Å². The normalized spacial score (nSPS) is 13.8. The van der Waals surface area contributed by atoms with Gasteiger partial charge in [-0.3, -0.25) is 24.2 Å². The van der Waals surface area contributed by atoms with Gasteiger partial charge in [0.1, 0.15) is 18.1 Å². The predicted molar refractivity (Wildman–Crippen MR) is 143 cm³/mol. The van der Waals surface area contributed by atoms with Gasteiger partial charge in [-0.25, -0.2) is 9.78 Å². The van der Waals surface area contributed by atoms with Crippen molar-refractivity contribution in [2.24, 2.45) is 22.2 Å². The molecule has 1 aromatic heterocycles. The predicted octanol–water partition coefficient (Wildman–Crippen LogP) is -2.51. The smallest absolute Gasteiger partial charge is 0.326 e. The monoisotopic (exact) mass is 571 g/mol. The molecular weight excluding hydrogens is 534 g/mol. The van der Waals surface area contributed by atoms with Crippen molar-refractivity contribution in [3.8, 4) is 0 Å². The van der Waals surface area contributed by atoms with Gasteiger partial charge in [-0.2, -0.15) is 11.8 Å². The van der Waals surface area contributed by atoms with Gasteiger partial charge in [-0.1, -0.05) is 0 Å². The molecule has 16 nitrogen and oxygen atoms in total. The Balaban J connectivity index is 2.93. The lowest BCUT2D eigenvalue weighted by atomic mass is 10.1. The molecule has 0 bridgehead atoms. The minimum atomic E-state index is -1.30. The van der Waals surface area contributed by atoms with Crippen LogP contribution in [0.5, 0.6) is 0 Å². The van der Waals surface area contributed by atoms with Crippen molar-refractivity contribution in [3.63, 3.8) is 0 Å². The Morgan fingerprint density at radius 3 is 2.15 bits per heavy atom. The fraction of sp³-hybridized carbons (Fsp3) is 0.591. The van der Waals surface area contributed by atoms with Gasteiger partial charge in [0.05, 0.1) is 12.4 Å². The number of aliphatic imine (C=N–C) groups is 1. The number of nitrogens with two attached hydrogens (primary N) is 3. The molecule has 0 aliphatic rings. The number of thioether (sulfide) groups is 1. The van der Waals surface area contributed by atoms with Crippen LogP contribution in [0.2, 0.25) is 0 Å². The second kappa shape index (κ2) is 17.6. The van der Waals surface area contributed by atoms with Gasteiger partial charge in [0, 0.05) is 31.3 Å². The molecule has 1 aromatic rings. The SMILES string of the molecule is CSCCC(NC(=O)C(CCC(=O)O)NC(=O)C(N)Cc1cnc[nH]1)C(=O)NC(CCCN=C(N)N)C(=O)O. The molecule has 0 saturated carbocycles. The number of nitrogens with one attached hydrogen (secondary N) is 4. The van der Waals surface area contributed by atoms with E-state index in [9.17, 15) is 29.1 Å². The molecule has 0 fully saturated rings. The van der Waals surface area contributed by atoms with Crippen LogP contribution in [0, 0.1) is 0 Å². The first-order chi connectivity index (χ1) is 18.4. The summed E-state index contributed by atoms with van der Waals surface area (Å²) in [5.41, 5.74) is 17.0. The summed E-state index contributed by atoms with van der Waals surface area (Å²) in [6, 6.07) is -4.77. The molecule has 17 heteroatoms. The van der Waals surface area contributed by atoms with Gasteiger partial charge < -0.3 is 48.3 Å². The van der Waals surface area contributed by atoms with Crippen molar-refractivity contribution in [3.05, 3.63) is 18.2 Å². The van der Waals surface area contributed by atoms with Crippen molar-refractivity contribution in [2.45, 2.75) is 62.7 Å². The van der Waals surface area contributed by atoms with Gasteiger partial charge in [0.15, 0.2) is 5.96 Å². The molecule has 0 saturated heterocycles. The number of carboxylic acid groups (broad SMARTS) is 2. The van der Waals surface area contributed by atoms with Crippen LogP contribution in [0.15, 0.2) is 17.5 Å². The van der Waals surface area contributed by atoms with E-state index in [1.165, 1.54) is 24.3 Å². The number of carboxylic acids is 2. The molecule has 4 atom stereocenters. The van der Waals surface area contributed by atoms with E-state index in [0.717, 1.165) is 0 Å². The number of H-pyrrole nitrogens is 1. The molecule has 218 valence electrons. The molecule has 0 aromatic carbocycles. The Morgan fingerprint density at radius 1 is 1.00 bits per heavy atom. The van der Waals surface area contributed by atoms with Crippen LogP contribution in [-0.2, 0) is 30.4 Å². The summed E-state index contributed by atoms with van der Waals surface area (Å²) >= 11 is 1.40. The minimum Gasteiger partial charge on any atom is -0.481 e. The van der Waals surface area contributed by atoms with E-state index >= 15 is 0 Å². The summed E-state index contributed by atoms with van der Waals surface area (Å²) in [7, 11) is 0. The van der Waals surface area contributed by atoms with Gasteiger partial charge in [0.25, 0.3) is 0 Å². The van der Waals surface area contributed by atoms with Crippen molar-refractivity contribution < 1.29 is 34.2 Å². The largest absolute Gasteiger partial charge is 0.481 e. The number of nitrogens with zero attached hydrogens (tertiary/aromatic N) is 2. The Labute approximate surface area is 229 Å². The third-order valence-corrected chi connectivity index (χ3v) is 6.06. The van der Waals surface area contributed by atoms with E-state index in [0.29, 0.717) is 11.4 Å². The van der Waals surface area contributed by atoms with Gasteiger partial charge >= 0.3 is 11.9 Å². The molecule has 0 aliphatic heterocycles. The molecule has 3 amide bonds. The topological polar surface area (TPSA) is 281 Å². The maximum Gasteiger partial charge on any atom is 0.326 e. The highest BCUT2D eigenvalue weighted by Gasteiger charge is 2.30. The average molecular weight is 572 g/mol. The van der Waals surface area contributed by atoms with Crippen molar-refractivity contribution in [1.82, 2.24) is 25.9 Å². The number of hydrogen-bond donors (Lipinski definition) is 9. The lowest BCUT2D eigenvalue weighted by Crippen LogP contribution is -2.57. The first-order valence-corrected chi connectivity index (χ1v) is 13.5. The fourth-order valence-electron chi connectivity index (χ4n) is 3.35. The summed E-state index contributed by atoms with van der Waals surface area (Å²) in [6.07, 6.45) is 4.55. The van der Waals surface area contributed by atoms with E-state index < -0.39 is 60.2 Å². The molecular formula is C22H37N9O7S. The number of rotatable bonds is 19. The summed E-state index contributed by atoms with van der Waals surface area (Å²) in [5.74, 6) is -4.41. The third kappa shape index (κ3) is 13.5. The number of imidazole rings is 1. The van der Waals surface area contributed by atoms with Crippen LogP contribution in [-0.4, -0.2) is 98.5 Å². The fourth-order valence-corrected chi connectivity index (χ4v) is 3.82. The molecule has 0 aliphatic carbocycles. The zero-order valence-electron chi connectivity index (χ0n) is 21.6. The van der Waals surface area contributed by atoms with Gasteiger partial charge in [-0.05, 0) is 37.7 Å². The maximum absolute atomic E-state index is 13.1. The van der Waals surface area contributed by atoms with Crippen LogP contribution in [0.1, 0.15) is 37.8 Å². The first kappa shape index (κ1) is 33.2. The molecule has 12 N–H and O–H groups in total. The van der Waals surface area contributed by atoms with E-state index in [1.54, 1.807) is 6.26 Å². The average Bonchev–Trinajstić information content (AvgIpc) is 3.38. The molecule has 39 heavy (non-hydrogen) atoms. The minimum absolute atomic E-state index is 0.0343. The molecule has 4 unspecified atom stereocenters. The number of guanidine groups is 1. The molecule has 0 spiro atoms. The van der Waals surface area contributed by atoms with Crippen molar-refractivity contribution in [2.75, 3.05) is 18.6 Å². The lowest BCUT2D eigenvalue weighted by molar-refractivity contribution is -0.142. The Kier molecular flexibility index (Phi) is 15.0. The number of aromatic nitrogens is 2. The lowest BCUT2D eigenvalue weighted by Gasteiger charge is -2.25. The van der Waals surface area contributed by atoms with Crippen molar-refractivity contribution in [1.29, 1.82) is 0 Å². The number of carbonyl (C=O) groups excluding carboxylic acids is 3. The Hall–Kier alpha value is -3.86. The summed E-state index contributed by atoms with van der Waals surface area (Å²) < 4.78 is 0.